The fourth-order valence-corrected chi connectivity index (χ4v) is 4.29. The lowest BCUT2D eigenvalue weighted by Gasteiger charge is -2.21. The van der Waals surface area contributed by atoms with Crippen LogP contribution in [0.25, 0.3) is 0 Å². The number of nitrogens with zero attached hydrogens (tertiary/aromatic N) is 1. The molecule has 8 heteroatoms. The summed E-state index contributed by atoms with van der Waals surface area (Å²) < 4.78 is 31.8. The predicted molar refractivity (Wildman–Crippen MR) is 75.2 cm³/mol. The van der Waals surface area contributed by atoms with Gasteiger partial charge in [-0.25, -0.2) is 8.42 Å². The third kappa shape index (κ3) is 2.68. The zero-order chi connectivity index (χ0) is 14.9. The van der Waals surface area contributed by atoms with Crippen molar-refractivity contribution >= 4 is 31.9 Å². The highest BCUT2D eigenvalue weighted by Crippen LogP contribution is 2.31. The van der Waals surface area contributed by atoms with Crippen molar-refractivity contribution in [3.05, 3.63) is 22.7 Å². The number of ether oxygens (including phenoxy) is 1. The molecule has 0 unspecified atom stereocenters. The van der Waals surface area contributed by atoms with Crippen LogP contribution in [0, 0.1) is 0 Å². The van der Waals surface area contributed by atoms with Gasteiger partial charge in [-0.15, -0.1) is 0 Å². The Kier molecular flexibility index (Phi) is 4.36. The van der Waals surface area contributed by atoms with Crippen LogP contribution in [0.3, 0.4) is 0 Å². The van der Waals surface area contributed by atoms with Crippen molar-refractivity contribution in [2.45, 2.75) is 23.8 Å². The maximum absolute atomic E-state index is 12.5. The molecule has 0 radical (unpaired) electrons. The number of carboxylic acids is 1. The Morgan fingerprint density at radius 1 is 1.50 bits per heavy atom. The molecule has 0 aromatic heterocycles. The lowest BCUT2D eigenvalue weighted by molar-refractivity contribution is -0.140. The molecule has 110 valence electrons. The normalized spacial score (nSPS) is 20.0. The summed E-state index contributed by atoms with van der Waals surface area (Å²) in [5, 5.41) is 9.10. The van der Waals surface area contributed by atoms with E-state index in [-0.39, 0.29) is 11.4 Å². The summed E-state index contributed by atoms with van der Waals surface area (Å²) in [5.74, 6) is -0.729. The van der Waals surface area contributed by atoms with Gasteiger partial charge in [-0.05, 0) is 40.9 Å². The van der Waals surface area contributed by atoms with Gasteiger partial charge in [-0.1, -0.05) is 0 Å². The summed E-state index contributed by atoms with van der Waals surface area (Å²) >= 11 is 3.25. The number of carboxylic acid groups (broad SMARTS) is 1. The van der Waals surface area contributed by atoms with Crippen LogP contribution in [-0.2, 0) is 14.8 Å². The molecule has 1 heterocycles. The summed E-state index contributed by atoms with van der Waals surface area (Å²) in [5.41, 5.74) is 0. The minimum atomic E-state index is -3.83. The number of rotatable bonds is 4. The molecule has 1 aliphatic heterocycles. The molecule has 1 aromatic rings. The summed E-state index contributed by atoms with van der Waals surface area (Å²) in [6.45, 7) is 0.220. The number of aliphatic carboxylic acids is 1. The lowest BCUT2D eigenvalue weighted by Crippen LogP contribution is -2.40. The van der Waals surface area contributed by atoms with Crippen molar-refractivity contribution in [1.29, 1.82) is 0 Å². The highest BCUT2D eigenvalue weighted by molar-refractivity contribution is 9.10. The van der Waals surface area contributed by atoms with Crippen molar-refractivity contribution < 1.29 is 23.1 Å². The Balaban J connectivity index is 2.42. The van der Waals surface area contributed by atoms with Gasteiger partial charge < -0.3 is 9.84 Å². The van der Waals surface area contributed by atoms with E-state index < -0.39 is 22.0 Å². The topological polar surface area (TPSA) is 83.9 Å². The standard InChI is InChI=1S/C12H14BrNO5S/c1-19-11-7-8(4-5-9(11)13)20(17,18)14-6-2-3-10(14)12(15)16/h4-5,7,10H,2-3,6H2,1H3,(H,15,16)/t10-/m1/s1. The van der Waals surface area contributed by atoms with Gasteiger partial charge >= 0.3 is 5.97 Å². The van der Waals surface area contributed by atoms with Crippen molar-refractivity contribution in [3.63, 3.8) is 0 Å². The first-order valence-electron chi connectivity index (χ1n) is 5.96. The average Bonchev–Trinajstić information content (AvgIpc) is 2.89. The van der Waals surface area contributed by atoms with E-state index in [1.54, 1.807) is 6.07 Å². The Hall–Kier alpha value is -1.12. The van der Waals surface area contributed by atoms with Crippen LogP contribution < -0.4 is 4.74 Å². The number of halogens is 1. The van der Waals surface area contributed by atoms with Gasteiger partial charge in [0.1, 0.15) is 11.8 Å². The van der Waals surface area contributed by atoms with Crippen LogP contribution in [0.5, 0.6) is 5.75 Å². The van der Waals surface area contributed by atoms with Crippen LogP contribution in [0.1, 0.15) is 12.8 Å². The van der Waals surface area contributed by atoms with Gasteiger partial charge in [0.25, 0.3) is 0 Å². The quantitative estimate of drug-likeness (QED) is 0.879. The van der Waals surface area contributed by atoms with Gasteiger partial charge in [0.05, 0.1) is 16.5 Å². The first kappa shape index (κ1) is 15.3. The molecular formula is C12H14BrNO5S. The zero-order valence-corrected chi connectivity index (χ0v) is 13.1. The molecule has 1 fully saturated rings. The van der Waals surface area contributed by atoms with E-state index in [0.29, 0.717) is 23.1 Å². The molecule has 0 saturated carbocycles. The molecule has 1 saturated heterocycles. The van der Waals surface area contributed by atoms with E-state index in [9.17, 15) is 13.2 Å². The summed E-state index contributed by atoms with van der Waals surface area (Å²) in [7, 11) is -2.39. The number of sulfonamides is 1. The van der Waals surface area contributed by atoms with Crippen molar-refractivity contribution in [3.8, 4) is 5.75 Å². The maximum atomic E-state index is 12.5. The second kappa shape index (κ2) is 5.71. The minimum absolute atomic E-state index is 0.0331. The molecule has 0 spiro atoms. The van der Waals surface area contributed by atoms with Crippen molar-refractivity contribution in [2.24, 2.45) is 0 Å². The Bertz CT molecular complexity index is 631. The molecule has 0 bridgehead atoms. The van der Waals surface area contributed by atoms with Crippen LogP contribution in [-0.4, -0.2) is 43.5 Å². The van der Waals surface area contributed by atoms with Gasteiger partial charge in [0, 0.05) is 12.6 Å². The second-order valence-corrected chi connectivity index (χ2v) is 7.15. The highest BCUT2D eigenvalue weighted by atomic mass is 79.9. The van der Waals surface area contributed by atoms with Crippen LogP contribution >= 0.6 is 15.9 Å². The summed E-state index contributed by atoms with van der Waals surface area (Å²) in [4.78, 5) is 11.2. The Labute approximate surface area is 125 Å². The number of carbonyl (C=O) groups is 1. The van der Waals surface area contributed by atoms with Gasteiger partial charge in [-0.3, -0.25) is 4.79 Å². The third-order valence-corrected chi connectivity index (χ3v) is 5.78. The lowest BCUT2D eigenvalue weighted by atomic mass is 10.2. The summed E-state index contributed by atoms with van der Waals surface area (Å²) in [6.07, 6.45) is 0.881. The van der Waals surface area contributed by atoms with Gasteiger partial charge in [-0.2, -0.15) is 4.31 Å². The molecule has 1 N–H and O–H groups in total. The fourth-order valence-electron chi connectivity index (χ4n) is 2.21. The molecule has 20 heavy (non-hydrogen) atoms. The Morgan fingerprint density at radius 2 is 2.20 bits per heavy atom. The van der Waals surface area contributed by atoms with E-state index in [1.165, 1.54) is 19.2 Å². The summed E-state index contributed by atoms with van der Waals surface area (Å²) in [6, 6.07) is 3.39. The zero-order valence-electron chi connectivity index (χ0n) is 10.7. The molecule has 6 nitrogen and oxygen atoms in total. The van der Waals surface area contributed by atoms with Crippen molar-refractivity contribution in [1.82, 2.24) is 4.31 Å². The second-order valence-electron chi connectivity index (χ2n) is 4.41. The van der Waals surface area contributed by atoms with Crippen molar-refractivity contribution in [2.75, 3.05) is 13.7 Å². The predicted octanol–water partition coefficient (Wildman–Crippen LogP) is 1.70. The third-order valence-electron chi connectivity index (χ3n) is 3.22. The van der Waals surface area contributed by atoms with Crippen LogP contribution in [0.4, 0.5) is 0 Å². The number of hydrogen-bond donors (Lipinski definition) is 1. The molecule has 0 amide bonds. The van der Waals surface area contributed by atoms with E-state index in [4.69, 9.17) is 9.84 Å². The van der Waals surface area contributed by atoms with Gasteiger partial charge in [0.15, 0.2) is 0 Å². The Morgan fingerprint density at radius 3 is 2.80 bits per heavy atom. The first-order valence-corrected chi connectivity index (χ1v) is 8.19. The number of methoxy groups -OCH3 is 1. The number of hydrogen-bond acceptors (Lipinski definition) is 4. The van der Waals surface area contributed by atoms with Crippen LogP contribution in [0.2, 0.25) is 0 Å². The average molecular weight is 364 g/mol. The van der Waals surface area contributed by atoms with E-state index in [1.807, 2.05) is 0 Å². The first-order chi connectivity index (χ1) is 9.37. The monoisotopic (exact) mass is 363 g/mol. The molecule has 1 aliphatic rings. The SMILES string of the molecule is COc1cc(S(=O)(=O)N2CCC[C@@H]2C(=O)O)ccc1Br. The molecule has 1 atom stereocenters. The largest absolute Gasteiger partial charge is 0.496 e. The van der Waals surface area contributed by atoms with E-state index in [0.717, 1.165) is 4.31 Å². The highest BCUT2D eigenvalue weighted by Gasteiger charge is 2.39. The molecule has 0 aliphatic carbocycles. The maximum Gasteiger partial charge on any atom is 0.322 e. The fraction of sp³-hybridized carbons (Fsp3) is 0.417. The van der Waals surface area contributed by atoms with Crippen LogP contribution in [0.15, 0.2) is 27.6 Å². The smallest absolute Gasteiger partial charge is 0.322 e. The number of benzene rings is 1. The van der Waals surface area contributed by atoms with Gasteiger partial charge in [0.2, 0.25) is 10.0 Å². The molecule has 1 aromatic carbocycles. The van der Waals surface area contributed by atoms with E-state index >= 15 is 0 Å². The van der Waals surface area contributed by atoms with E-state index in [2.05, 4.69) is 15.9 Å². The minimum Gasteiger partial charge on any atom is -0.496 e. The molecular weight excluding hydrogens is 350 g/mol. The molecule has 2 rings (SSSR count).